The fourth-order valence-electron chi connectivity index (χ4n) is 7.61. The molecule has 0 saturated carbocycles. The average Bonchev–Trinajstić information content (AvgIpc) is 4.08. The molecule has 10 bridgehead atoms. The Kier molecular flexibility index (Phi) is 8.43. The zero-order valence-corrected chi connectivity index (χ0v) is 32.9. The number of fused-ring (bicyclic) bond motifs is 11. The van der Waals surface area contributed by atoms with Gasteiger partial charge in [-0.1, -0.05) is 0 Å². The second-order valence-corrected chi connectivity index (χ2v) is 17.9. The van der Waals surface area contributed by atoms with Gasteiger partial charge in [0.05, 0.1) is 0 Å². The van der Waals surface area contributed by atoms with Crippen LogP contribution in [-0.4, -0.2) is 43.5 Å². The summed E-state index contributed by atoms with van der Waals surface area (Å²) in [4.78, 5) is 11.0. The second kappa shape index (κ2) is 13.9. The summed E-state index contributed by atoms with van der Waals surface area (Å²) in [6.07, 6.45) is 8.84. The SMILES string of the molecule is Cn1c2ccc1c(-c1ccccc1)c1nc(c(-c3ccccc3)c3ccc([se]3)c3ccc([se]3)c(-c3ccccc3)c3nc(c2-c2ccccc2)C=C3)C=C1. The van der Waals surface area contributed by atoms with Crippen LogP contribution in [0.3, 0.4) is 0 Å². The first kappa shape index (κ1) is 32.8. The number of aromatic nitrogens is 3. The molecule has 2 aliphatic heterocycles. The van der Waals surface area contributed by atoms with E-state index in [-0.39, 0.29) is 29.0 Å². The number of benzene rings is 4. The maximum absolute atomic E-state index is 5.49. The van der Waals surface area contributed by atoms with Gasteiger partial charge in [0.2, 0.25) is 0 Å². The predicted octanol–water partition coefficient (Wildman–Crippen LogP) is 11.8. The summed E-state index contributed by atoms with van der Waals surface area (Å²) in [7, 11) is 2.17. The van der Waals surface area contributed by atoms with Crippen molar-refractivity contribution < 1.29 is 0 Å². The molecule has 6 heterocycles. The molecule has 2 aliphatic rings. The Labute approximate surface area is 326 Å². The van der Waals surface area contributed by atoms with E-state index < -0.39 is 0 Å². The van der Waals surface area contributed by atoms with Crippen LogP contribution in [-0.2, 0) is 7.05 Å². The molecule has 10 rings (SSSR count). The zero-order chi connectivity index (χ0) is 36.0. The summed E-state index contributed by atoms with van der Waals surface area (Å²) in [5.74, 6) is 0. The van der Waals surface area contributed by atoms with Crippen LogP contribution in [0.15, 0.2) is 158 Å². The van der Waals surface area contributed by atoms with Crippen LogP contribution in [0.25, 0.3) is 96.9 Å². The molecule has 4 aromatic carbocycles. The summed E-state index contributed by atoms with van der Waals surface area (Å²) in [6, 6.07) is 56.9. The van der Waals surface area contributed by atoms with Gasteiger partial charge in [-0.25, -0.2) is 0 Å². The van der Waals surface area contributed by atoms with Crippen LogP contribution < -0.4 is 0 Å². The third-order valence-electron chi connectivity index (χ3n) is 10.1. The summed E-state index contributed by atoms with van der Waals surface area (Å²) in [5.41, 5.74) is 15.4. The van der Waals surface area contributed by atoms with E-state index in [1.807, 2.05) is 0 Å². The van der Waals surface area contributed by atoms with Crippen LogP contribution >= 0.6 is 0 Å². The molecule has 4 aromatic heterocycles. The molecule has 256 valence electrons. The Morgan fingerprint density at radius 1 is 0.333 bits per heavy atom. The fraction of sp³-hybridized carbons (Fsp3) is 0.0204. The van der Waals surface area contributed by atoms with E-state index in [1.165, 1.54) is 39.3 Å². The zero-order valence-electron chi connectivity index (χ0n) is 29.5. The molecule has 0 spiro atoms. The summed E-state index contributed by atoms with van der Waals surface area (Å²) >= 11 is 0.252. The summed E-state index contributed by atoms with van der Waals surface area (Å²) in [6.45, 7) is 0. The van der Waals surface area contributed by atoms with Crippen molar-refractivity contribution in [2.24, 2.45) is 7.05 Å². The monoisotopic (exact) mass is 823 g/mol. The normalized spacial score (nSPS) is 12.0. The molecule has 0 unspecified atom stereocenters. The molecule has 0 fully saturated rings. The van der Waals surface area contributed by atoms with Crippen molar-refractivity contribution in [3.8, 4) is 44.5 Å². The standard InChI is InChI=1S/C49H33N3Se2/c1-52-40-26-27-41(52)47(33-16-8-3-9-17-33)37-23-25-39(51-37)49(35-20-12-5-13-21-35)45-31-29-43(54-45)42-28-30-44(53-42)48(34-18-10-4-11-19-34)38-24-22-36(50-38)46(40)32-14-6-2-7-15-32/h2-31H,1H3. The van der Waals surface area contributed by atoms with Crippen LogP contribution in [0.1, 0.15) is 22.8 Å². The van der Waals surface area contributed by atoms with Gasteiger partial charge in [0.15, 0.2) is 0 Å². The van der Waals surface area contributed by atoms with Gasteiger partial charge in [0.25, 0.3) is 0 Å². The Morgan fingerprint density at radius 3 is 0.981 bits per heavy atom. The van der Waals surface area contributed by atoms with Crippen LogP contribution in [0, 0.1) is 0 Å². The quantitative estimate of drug-likeness (QED) is 0.166. The molecule has 0 amide bonds. The minimum absolute atomic E-state index is 0.126. The molecule has 8 aromatic rings. The second-order valence-electron chi connectivity index (χ2n) is 13.4. The van der Waals surface area contributed by atoms with Crippen molar-refractivity contribution in [2.45, 2.75) is 0 Å². The fourth-order valence-corrected chi connectivity index (χ4v) is 12.7. The van der Waals surface area contributed by atoms with E-state index in [1.54, 1.807) is 0 Å². The number of aryl methyl sites for hydroxylation is 1. The number of rotatable bonds is 4. The van der Waals surface area contributed by atoms with Gasteiger partial charge < -0.3 is 0 Å². The summed E-state index contributed by atoms with van der Waals surface area (Å²) < 4.78 is 7.92. The molecule has 0 radical (unpaired) electrons. The molecular weight excluding hydrogens is 788 g/mol. The molecule has 0 N–H and O–H groups in total. The van der Waals surface area contributed by atoms with Crippen LogP contribution in [0.5, 0.6) is 0 Å². The molecule has 0 aliphatic carbocycles. The van der Waals surface area contributed by atoms with Crippen molar-refractivity contribution >= 4 is 81.4 Å². The van der Waals surface area contributed by atoms with Gasteiger partial charge in [-0.2, -0.15) is 0 Å². The van der Waals surface area contributed by atoms with E-state index in [2.05, 4.69) is 194 Å². The first-order valence-corrected chi connectivity index (χ1v) is 21.5. The van der Waals surface area contributed by atoms with E-state index in [4.69, 9.17) is 9.97 Å². The van der Waals surface area contributed by atoms with Gasteiger partial charge in [0, 0.05) is 0 Å². The Hall–Kier alpha value is -5.80. The molecule has 54 heavy (non-hydrogen) atoms. The van der Waals surface area contributed by atoms with Crippen molar-refractivity contribution in [3.05, 3.63) is 181 Å². The average molecular weight is 822 g/mol. The van der Waals surface area contributed by atoms with Crippen molar-refractivity contribution in [1.29, 1.82) is 0 Å². The van der Waals surface area contributed by atoms with Gasteiger partial charge in [0.1, 0.15) is 0 Å². The van der Waals surface area contributed by atoms with E-state index in [0.717, 1.165) is 56.1 Å². The maximum atomic E-state index is 5.49. The molecule has 0 saturated heterocycles. The van der Waals surface area contributed by atoms with Crippen molar-refractivity contribution in [2.75, 3.05) is 0 Å². The predicted molar refractivity (Wildman–Crippen MR) is 231 cm³/mol. The number of hydrogen-bond donors (Lipinski definition) is 0. The number of nitrogens with zero attached hydrogens (tertiary/aromatic N) is 3. The molecular formula is C49H33N3Se2. The topological polar surface area (TPSA) is 30.7 Å². The minimum atomic E-state index is 0.126. The first-order chi connectivity index (χ1) is 26.7. The van der Waals surface area contributed by atoms with E-state index in [0.29, 0.717) is 0 Å². The molecule has 5 heteroatoms. The number of hydrogen-bond acceptors (Lipinski definition) is 2. The van der Waals surface area contributed by atoms with Gasteiger partial charge in [-0.05, 0) is 0 Å². The first-order valence-electron chi connectivity index (χ1n) is 18.1. The Bertz CT molecular complexity index is 2770. The molecule has 3 nitrogen and oxygen atoms in total. The van der Waals surface area contributed by atoms with Crippen LogP contribution in [0.4, 0.5) is 0 Å². The van der Waals surface area contributed by atoms with Crippen molar-refractivity contribution in [1.82, 2.24) is 14.5 Å². The van der Waals surface area contributed by atoms with Gasteiger partial charge in [-0.15, -0.1) is 0 Å². The third-order valence-corrected chi connectivity index (χ3v) is 15.6. The van der Waals surface area contributed by atoms with Gasteiger partial charge >= 0.3 is 328 Å². The van der Waals surface area contributed by atoms with Gasteiger partial charge in [-0.3, -0.25) is 0 Å². The van der Waals surface area contributed by atoms with E-state index >= 15 is 0 Å². The Balaban J connectivity index is 1.41. The third kappa shape index (κ3) is 5.83. The molecule has 0 atom stereocenters. The van der Waals surface area contributed by atoms with Crippen molar-refractivity contribution in [3.63, 3.8) is 0 Å². The summed E-state index contributed by atoms with van der Waals surface area (Å²) in [5, 5.41) is 0. The van der Waals surface area contributed by atoms with Crippen LogP contribution in [0.2, 0.25) is 0 Å². The van der Waals surface area contributed by atoms with E-state index in [9.17, 15) is 0 Å². The Morgan fingerprint density at radius 2 is 0.630 bits per heavy atom.